The largest absolute Gasteiger partial charge is 0.481 e. The maximum absolute atomic E-state index is 10.3. The normalized spacial score (nSPS) is 11.2. The average molecular weight is 187 g/mol. The number of hydrogen-bond donors (Lipinski definition) is 1. The third kappa shape index (κ3) is 6.58. The van der Waals surface area contributed by atoms with E-state index in [4.69, 9.17) is 5.11 Å². The summed E-state index contributed by atoms with van der Waals surface area (Å²) in [6.07, 6.45) is 2.17. The Labute approximate surface area is 80.7 Å². The smallest absolute Gasteiger partial charge is 0.303 e. The molecule has 0 aliphatic carbocycles. The van der Waals surface area contributed by atoms with Crippen LogP contribution in [0.25, 0.3) is 0 Å². The topological polar surface area (TPSA) is 40.5 Å². The van der Waals surface area contributed by atoms with Gasteiger partial charge in [0.25, 0.3) is 0 Å². The summed E-state index contributed by atoms with van der Waals surface area (Å²) in [6, 6.07) is 0.522. The maximum Gasteiger partial charge on any atom is 0.303 e. The summed E-state index contributed by atoms with van der Waals surface area (Å²) in [4.78, 5) is 12.6. The molecule has 0 bridgehead atoms. The third-order valence-corrected chi connectivity index (χ3v) is 2.08. The van der Waals surface area contributed by atoms with Gasteiger partial charge in [-0.1, -0.05) is 6.92 Å². The Hall–Kier alpha value is -0.570. The molecule has 0 heterocycles. The molecule has 0 aromatic rings. The van der Waals surface area contributed by atoms with E-state index in [-0.39, 0.29) is 6.42 Å². The number of nitrogens with zero attached hydrogens (tertiary/aromatic N) is 1. The van der Waals surface area contributed by atoms with Gasteiger partial charge in [-0.05, 0) is 39.8 Å². The molecular formula is C10H21NO2. The van der Waals surface area contributed by atoms with E-state index in [0.717, 1.165) is 25.9 Å². The molecule has 0 atom stereocenters. The fourth-order valence-corrected chi connectivity index (χ4v) is 1.35. The number of carboxylic acids is 1. The minimum Gasteiger partial charge on any atom is -0.481 e. The molecule has 0 fully saturated rings. The predicted molar refractivity (Wildman–Crippen MR) is 53.9 cm³/mol. The maximum atomic E-state index is 10.3. The van der Waals surface area contributed by atoms with E-state index >= 15 is 0 Å². The predicted octanol–water partition coefficient (Wildman–Crippen LogP) is 1.97. The zero-order valence-electron chi connectivity index (χ0n) is 8.92. The van der Waals surface area contributed by atoms with Crippen LogP contribution in [0.1, 0.15) is 40.0 Å². The molecular weight excluding hydrogens is 166 g/mol. The molecule has 0 radical (unpaired) electrons. The van der Waals surface area contributed by atoms with Gasteiger partial charge in [-0.2, -0.15) is 0 Å². The molecule has 0 aromatic heterocycles. The van der Waals surface area contributed by atoms with E-state index in [1.807, 2.05) is 0 Å². The van der Waals surface area contributed by atoms with Gasteiger partial charge in [0.15, 0.2) is 0 Å². The molecule has 0 aromatic carbocycles. The molecule has 13 heavy (non-hydrogen) atoms. The minimum absolute atomic E-state index is 0.285. The van der Waals surface area contributed by atoms with Gasteiger partial charge in [-0.15, -0.1) is 0 Å². The number of rotatable bonds is 7. The number of carbonyl (C=O) groups is 1. The lowest BCUT2D eigenvalue weighted by atomic mass is 10.2. The second-order valence-electron chi connectivity index (χ2n) is 3.63. The SMILES string of the molecule is CCCN(CCCC(=O)O)C(C)C. The minimum atomic E-state index is -0.694. The van der Waals surface area contributed by atoms with Crippen molar-refractivity contribution in [3.8, 4) is 0 Å². The van der Waals surface area contributed by atoms with Crippen LogP contribution >= 0.6 is 0 Å². The molecule has 1 N–H and O–H groups in total. The van der Waals surface area contributed by atoms with Crippen LogP contribution in [0.5, 0.6) is 0 Å². The lowest BCUT2D eigenvalue weighted by Crippen LogP contribution is -2.32. The van der Waals surface area contributed by atoms with Gasteiger partial charge >= 0.3 is 5.97 Å². The number of aliphatic carboxylic acids is 1. The molecule has 0 aliphatic rings. The average Bonchev–Trinajstić information content (AvgIpc) is 2.02. The Morgan fingerprint density at radius 3 is 2.38 bits per heavy atom. The van der Waals surface area contributed by atoms with Gasteiger partial charge in [-0.25, -0.2) is 0 Å². The second-order valence-corrected chi connectivity index (χ2v) is 3.63. The van der Waals surface area contributed by atoms with Crippen molar-refractivity contribution in [2.24, 2.45) is 0 Å². The van der Waals surface area contributed by atoms with Crippen molar-refractivity contribution in [1.82, 2.24) is 4.90 Å². The third-order valence-electron chi connectivity index (χ3n) is 2.08. The second kappa shape index (κ2) is 6.89. The van der Waals surface area contributed by atoms with E-state index in [1.54, 1.807) is 0 Å². The first-order valence-corrected chi connectivity index (χ1v) is 5.03. The van der Waals surface area contributed by atoms with Crippen LogP contribution in [0.3, 0.4) is 0 Å². The van der Waals surface area contributed by atoms with Crippen LogP contribution in [0, 0.1) is 0 Å². The summed E-state index contributed by atoms with van der Waals surface area (Å²) in [6.45, 7) is 8.41. The van der Waals surface area contributed by atoms with Crippen LogP contribution < -0.4 is 0 Å². The molecule has 0 aliphatic heterocycles. The lowest BCUT2D eigenvalue weighted by Gasteiger charge is -2.25. The molecule has 0 saturated carbocycles. The highest BCUT2D eigenvalue weighted by Crippen LogP contribution is 2.02. The Kier molecular flexibility index (Phi) is 6.59. The zero-order valence-corrected chi connectivity index (χ0v) is 8.92. The van der Waals surface area contributed by atoms with E-state index in [9.17, 15) is 4.79 Å². The van der Waals surface area contributed by atoms with Gasteiger partial charge in [0.2, 0.25) is 0 Å². The summed E-state index contributed by atoms with van der Waals surface area (Å²) in [7, 11) is 0. The first-order valence-electron chi connectivity index (χ1n) is 5.03. The van der Waals surface area contributed by atoms with Gasteiger partial charge in [0.05, 0.1) is 0 Å². The molecule has 3 nitrogen and oxygen atoms in total. The van der Waals surface area contributed by atoms with Crippen LogP contribution in [-0.4, -0.2) is 35.1 Å². The van der Waals surface area contributed by atoms with Crippen molar-refractivity contribution >= 4 is 5.97 Å². The molecule has 0 saturated heterocycles. The van der Waals surface area contributed by atoms with Gasteiger partial charge in [-0.3, -0.25) is 4.79 Å². The highest BCUT2D eigenvalue weighted by atomic mass is 16.4. The molecule has 3 heteroatoms. The quantitative estimate of drug-likeness (QED) is 0.662. The van der Waals surface area contributed by atoms with E-state index in [0.29, 0.717) is 6.04 Å². The van der Waals surface area contributed by atoms with E-state index in [1.165, 1.54) is 0 Å². The first kappa shape index (κ1) is 12.4. The summed E-state index contributed by atoms with van der Waals surface area (Å²) in [5.41, 5.74) is 0. The summed E-state index contributed by atoms with van der Waals surface area (Å²) < 4.78 is 0. The van der Waals surface area contributed by atoms with Crippen molar-refractivity contribution in [2.75, 3.05) is 13.1 Å². The van der Waals surface area contributed by atoms with Crippen LogP contribution in [0.15, 0.2) is 0 Å². The first-order chi connectivity index (χ1) is 6.07. The fourth-order valence-electron chi connectivity index (χ4n) is 1.35. The standard InChI is InChI=1S/C10H21NO2/c1-4-7-11(9(2)3)8-5-6-10(12)13/h9H,4-8H2,1-3H3,(H,12,13). The highest BCUT2D eigenvalue weighted by Gasteiger charge is 2.08. The zero-order chi connectivity index (χ0) is 10.3. The summed E-state index contributed by atoms with van der Waals surface area (Å²) >= 11 is 0. The van der Waals surface area contributed by atoms with E-state index in [2.05, 4.69) is 25.7 Å². The lowest BCUT2D eigenvalue weighted by molar-refractivity contribution is -0.137. The molecule has 0 unspecified atom stereocenters. The molecule has 0 rings (SSSR count). The van der Waals surface area contributed by atoms with Crippen molar-refractivity contribution in [3.63, 3.8) is 0 Å². The monoisotopic (exact) mass is 187 g/mol. The molecule has 78 valence electrons. The Morgan fingerprint density at radius 2 is 2.00 bits per heavy atom. The molecule has 0 spiro atoms. The summed E-state index contributed by atoms with van der Waals surface area (Å²) in [5, 5.41) is 8.48. The Balaban J connectivity index is 3.62. The summed E-state index contributed by atoms with van der Waals surface area (Å²) in [5.74, 6) is -0.694. The van der Waals surface area contributed by atoms with E-state index < -0.39 is 5.97 Å². The van der Waals surface area contributed by atoms with Crippen LogP contribution in [0.2, 0.25) is 0 Å². The fraction of sp³-hybridized carbons (Fsp3) is 0.900. The van der Waals surface area contributed by atoms with Crippen molar-refractivity contribution < 1.29 is 9.90 Å². The van der Waals surface area contributed by atoms with Crippen molar-refractivity contribution in [2.45, 2.75) is 46.1 Å². The molecule has 0 amide bonds. The number of hydrogen-bond acceptors (Lipinski definition) is 2. The van der Waals surface area contributed by atoms with Crippen LogP contribution in [-0.2, 0) is 4.79 Å². The Bertz CT molecular complexity index is 146. The van der Waals surface area contributed by atoms with Crippen molar-refractivity contribution in [3.05, 3.63) is 0 Å². The van der Waals surface area contributed by atoms with Gasteiger partial charge in [0.1, 0.15) is 0 Å². The van der Waals surface area contributed by atoms with Crippen molar-refractivity contribution in [1.29, 1.82) is 0 Å². The number of carboxylic acid groups (broad SMARTS) is 1. The van der Waals surface area contributed by atoms with Gasteiger partial charge < -0.3 is 10.0 Å². The van der Waals surface area contributed by atoms with Gasteiger partial charge in [0, 0.05) is 12.5 Å². The highest BCUT2D eigenvalue weighted by molar-refractivity contribution is 5.66. The van der Waals surface area contributed by atoms with Crippen LogP contribution in [0.4, 0.5) is 0 Å². The Morgan fingerprint density at radius 1 is 1.38 bits per heavy atom.